The maximum Gasteiger partial charge on any atom is 0.213 e. The lowest BCUT2D eigenvalue weighted by atomic mass is 9.68. The molecule has 0 spiro atoms. The molecule has 2 fully saturated rings. The molecule has 0 bridgehead atoms. The molecule has 0 saturated carbocycles. The molecule has 0 aliphatic carbocycles. The Morgan fingerprint density at radius 1 is 1.15 bits per heavy atom. The summed E-state index contributed by atoms with van der Waals surface area (Å²) in [5.41, 5.74) is 1.36. The van der Waals surface area contributed by atoms with Crippen molar-refractivity contribution in [3.05, 3.63) is 60.1 Å². The Kier molecular flexibility index (Phi) is 4.67. The van der Waals surface area contributed by atoms with Crippen molar-refractivity contribution in [1.82, 2.24) is 9.21 Å². The van der Waals surface area contributed by atoms with Gasteiger partial charge >= 0.3 is 0 Å². The number of furan rings is 1. The average molecular weight is 375 g/mol. The minimum absolute atomic E-state index is 0.0214. The van der Waals surface area contributed by atoms with E-state index in [0.29, 0.717) is 19.0 Å². The van der Waals surface area contributed by atoms with Crippen LogP contribution in [0.4, 0.5) is 0 Å². The van der Waals surface area contributed by atoms with E-state index < -0.39 is 10.0 Å². The molecule has 3 heterocycles. The number of benzene rings is 1. The van der Waals surface area contributed by atoms with Gasteiger partial charge in [-0.1, -0.05) is 30.3 Å². The quantitative estimate of drug-likeness (QED) is 0.807. The molecule has 4 rings (SSSR count). The molecule has 26 heavy (non-hydrogen) atoms. The molecule has 2 aliphatic heterocycles. The van der Waals surface area contributed by atoms with E-state index in [1.54, 1.807) is 17.5 Å². The Bertz CT molecular complexity index is 835. The fourth-order valence-electron chi connectivity index (χ4n) is 4.68. The van der Waals surface area contributed by atoms with Crippen LogP contribution < -0.4 is 0 Å². The Balaban J connectivity index is 1.63. The Morgan fingerprint density at radius 2 is 1.96 bits per heavy atom. The van der Waals surface area contributed by atoms with Gasteiger partial charge in [-0.2, -0.15) is 0 Å². The Labute approximate surface area is 155 Å². The Hall–Kier alpha value is -1.63. The molecule has 2 atom stereocenters. The SMILES string of the molecule is CCS(=O)(=O)N1CC[C@]2(c3ccccc3)CN(Cc3ccco3)C[C@@H]2C1. The number of piperidine rings is 1. The lowest BCUT2D eigenvalue weighted by molar-refractivity contribution is 0.188. The standard InChI is InChI=1S/C20H26N2O3S/c1-2-26(23,24)22-11-10-20(17-7-4-3-5-8-17)16-21(13-18(20)14-22)15-19-9-6-12-25-19/h3-9,12,18H,2,10-11,13-16H2,1H3/t18-,20-/m1/s1. The second kappa shape index (κ2) is 6.83. The third kappa shape index (κ3) is 3.10. The van der Waals surface area contributed by atoms with E-state index in [1.807, 2.05) is 18.2 Å². The molecule has 0 radical (unpaired) electrons. The van der Waals surface area contributed by atoms with E-state index in [4.69, 9.17) is 4.42 Å². The maximum atomic E-state index is 12.4. The lowest BCUT2D eigenvalue weighted by Gasteiger charge is -2.43. The third-order valence-corrected chi connectivity index (χ3v) is 7.91. The zero-order chi connectivity index (χ0) is 18.2. The largest absolute Gasteiger partial charge is 0.468 e. The van der Waals surface area contributed by atoms with Crippen molar-refractivity contribution in [2.24, 2.45) is 5.92 Å². The highest BCUT2D eigenvalue weighted by Gasteiger charge is 2.51. The van der Waals surface area contributed by atoms with Gasteiger partial charge in [0.2, 0.25) is 10.0 Å². The van der Waals surface area contributed by atoms with Crippen LogP contribution in [-0.2, 0) is 22.0 Å². The predicted octanol–water partition coefficient (Wildman–Crippen LogP) is 2.70. The normalized spacial score (nSPS) is 27.5. The average Bonchev–Trinajstić information content (AvgIpc) is 3.29. The van der Waals surface area contributed by atoms with Gasteiger partial charge in [0.25, 0.3) is 0 Å². The number of hydrogen-bond donors (Lipinski definition) is 0. The molecule has 1 aromatic carbocycles. The summed E-state index contributed by atoms with van der Waals surface area (Å²) in [6.45, 7) is 5.56. The molecule has 2 saturated heterocycles. The van der Waals surface area contributed by atoms with Crippen molar-refractivity contribution in [2.75, 3.05) is 31.9 Å². The molecule has 5 nitrogen and oxygen atoms in total. The molecule has 0 unspecified atom stereocenters. The summed E-state index contributed by atoms with van der Waals surface area (Å²) in [5, 5.41) is 0. The lowest BCUT2D eigenvalue weighted by Crippen LogP contribution is -2.51. The van der Waals surface area contributed by atoms with E-state index in [-0.39, 0.29) is 11.2 Å². The highest BCUT2D eigenvalue weighted by molar-refractivity contribution is 7.89. The van der Waals surface area contributed by atoms with Crippen LogP contribution in [0.15, 0.2) is 53.1 Å². The fourth-order valence-corrected chi connectivity index (χ4v) is 5.82. The van der Waals surface area contributed by atoms with Gasteiger partial charge in [0.15, 0.2) is 0 Å². The van der Waals surface area contributed by atoms with Crippen molar-refractivity contribution in [1.29, 1.82) is 0 Å². The van der Waals surface area contributed by atoms with Crippen LogP contribution in [0, 0.1) is 5.92 Å². The van der Waals surface area contributed by atoms with Crippen LogP contribution in [0.5, 0.6) is 0 Å². The smallest absolute Gasteiger partial charge is 0.213 e. The highest BCUT2D eigenvalue weighted by atomic mass is 32.2. The van der Waals surface area contributed by atoms with Crippen LogP contribution in [-0.4, -0.2) is 49.6 Å². The van der Waals surface area contributed by atoms with Gasteiger partial charge in [0.1, 0.15) is 5.76 Å². The summed E-state index contributed by atoms with van der Waals surface area (Å²) in [7, 11) is -3.14. The summed E-state index contributed by atoms with van der Waals surface area (Å²) in [6, 6.07) is 14.5. The molecule has 6 heteroatoms. The summed E-state index contributed by atoms with van der Waals surface area (Å²) in [6.07, 6.45) is 2.58. The molecular weight excluding hydrogens is 348 g/mol. The van der Waals surface area contributed by atoms with Crippen molar-refractivity contribution >= 4 is 10.0 Å². The first-order valence-electron chi connectivity index (χ1n) is 9.31. The van der Waals surface area contributed by atoms with Crippen LogP contribution >= 0.6 is 0 Å². The van der Waals surface area contributed by atoms with Crippen LogP contribution in [0.3, 0.4) is 0 Å². The van der Waals surface area contributed by atoms with E-state index in [0.717, 1.165) is 31.8 Å². The predicted molar refractivity (Wildman–Crippen MR) is 101 cm³/mol. The zero-order valence-electron chi connectivity index (χ0n) is 15.2. The first-order valence-corrected chi connectivity index (χ1v) is 10.9. The number of likely N-dealkylation sites (tertiary alicyclic amines) is 1. The van der Waals surface area contributed by atoms with Crippen molar-refractivity contribution in [3.8, 4) is 0 Å². The number of fused-ring (bicyclic) bond motifs is 1. The van der Waals surface area contributed by atoms with Crippen LogP contribution in [0.2, 0.25) is 0 Å². The van der Waals surface area contributed by atoms with E-state index in [1.165, 1.54) is 5.56 Å². The monoisotopic (exact) mass is 374 g/mol. The highest BCUT2D eigenvalue weighted by Crippen LogP contribution is 2.46. The molecule has 1 aromatic heterocycles. The molecule has 0 amide bonds. The number of hydrogen-bond acceptors (Lipinski definition) is 4. The van der Waals surface area contributed by atoms with E-state index >= 15 is 0 Å². The van der Waals surface area contributed by atoms with Gasteiger partial charge in [-0.05, 0) is 37.0 Å². The van der Waals surface area contributed by atoms with Gasteiger partial charge in [0.05, 0.1) is 18.6 Å². The molecule has 2 aromatic rings. The first kappa shape index (κ1) is 17.8. The third-order valence-electron chi connectivity index (χ3n) is 6.06. The number of rotatable bonds is 5. The van der Waals surface area contributed by atoms with Gasteiger partial charge < -0.3 is 4.42 Å². The van der Waals surface area contributed by atoms with Gasteiger partial charge in [0, 0.05) is 31.6 Å². The molecule has 2 aliphatic rings. The maximum absolute atomic E-state index is 12.4. The summed E-state index contributed by atoms with van der Waals surface area (Å²) in [4.78, 5) is 2.42. The zero-order valence-corrected chi connectivity index (χ0v) is 16.0. The number of sulfonamides is 1. The first-order chi connectivity index (χ1) is 12.5. The van der Waals surface area contributed by atoms with Gasteiger partial charge in [-0.3, -0.25) is 4.90 Å². The second-order valence-corrected chi connectivity index (χ2v) is 9.73. The minimum Gasteiger partial charge on any atom is -0.468 e. The minimum atomic E-state index is -3.14. The summed E-state index contributed by atoms with van der Waals surface area (Å²) in [5.74, 6) is 1.44. The topological polar surface area (TPSA) is 53.8 Å². The van der Waals surface area contributed by atoms with E-state index in [9.17, 15) is 8.42 Å². The second-order valence-electron chi connectivity index (χ2n) is 7.48. The van der Waals surface area contributed by atoms with Crippen molar-refractivity contribution in [2.45, 2.75) is 25.3 Å². The van der Waals surface area contributed by atoms with Gasteiger partial charge in [-0.25, -0.2) is 12.7 Å². The molecule has 0 N–H and O–H groups in total. The Morgan fingerprint density at radius 3 is 2.65 bits per heavy atom. The van der Waals surface area contributed by atoms with Crippen LogP contribution in [0.1, 0.15) is 24.7 Å². The molecule has 140 valence electrons. The summed E-state index contributed by atoms with van der Waals surface area (Å²) >= 11 is 0. The summed E-state index contributed by atoms with van der Waals surface area (Å²) < 4.78 is 32.1. The fraction of sp³-hybridized carbons (Fsp3) is 0.500. The van der Waals surface area contributed by atoms with Crippen molar-refractivity contribution in [3.63, 3.8) is 0 Å². The van der Waals surface area contributed by atoms with Gasteiger partial charge in [-0.15, -0.1) is 0 Å². The van der Waals surface area contributed by atoms with E-state index in [2.05, 4.69) is 29.2 Å². The van der Waals surface area contributed by atoms with Crippen molar-refractivity contribution < 1.29 is 12.8 Å². The van der Waals surface area contributed by atoms with Crippen LogP contribution in [0.25, 0.3) is 0 Å². The number of nitrogens with zero attached hydrogens (tertiary/aromatic N) is 2. The molecular formula is C20H26N2O3S.